The van der Waals surface area contributed by atoms with Crippen LogP contribution in [0.15, 0.2) is 18.2 Å². The van der Waals surface area contributed by atoms with Crippen LogP contribution in [0.1, 0.15) is 19.4 Å². The maximum atomic E-state index is 11.0. The number of rotatable bonds is 6. The van der Waals surface area contributed by atoms with Crippen LogP contribution in [0.3, 0.4) is 0 Å². The van der Waals surface area contributed by atoms with Crippen LogP contribution in [-0.2, 0) is 20.8 Å². The van der Waals surface area contributed by atoms with Gasteiger partial charge in [-0.15, -0.1) is 0 Å². The highest BCUT2D eigenvalue weighted by atomic mass is 16.6. The Labute approximate surface area is 121 Å². The van der Waals surface area contributed by atoms with Crippen LogP contribution >= 0.6 is 0 Å². The fourth-order valence-electron chi connectivity index (χ4n) is 1.75. The number of benzene rings is 1. The van der Waals surface area contributed by atoms with E-state index in [1.54, 1.807) is 6.07 Å². The first-order valence-electron chi connectivity index (χ1n) is 6.16. The molecule has 21 heavy (non-hydrogen) atoms. The molecule has 0 saturated carbocycles. The second-order valence-corrected chi connectivity index (χ2v) is 4.36. The van der Waals surface area contributed by atoms with Crippen molar-refractivity contribution in [2.45, 2.75) is 26.3 Å². The van der Waals surface area contributed by atoms with E-state index < -0.39 is 23.9 Å². The SMILES string of the molecule is COc1cc(C[C@H](NC(C)=O)C(=O)[O-])ccc1OC(C)=O. The van der Waals surface area contributed by atoms with Crippen LogP contribution < -0.4 is 19.9 Å². The van der Waals surface area contributed by atoms with Gasteiger partial charge < -0.3 is 24.7 Å². The van der Waals surface area contributed by atoms with Gasteiger partial charge in [0.25, 0.3) is 0 Å². The van der Waals surface area contributed by atoms with E-state index in [1.165, 1.54) is 33.1 Å². The van der Waals surface area contributed by atoms with Crippen LogP contribution in [0.5, 0.6) is 11.5 Å². The molecule has 7 heteroatoms. The molecule has 0 aliphatic heterocycles. The molecular weight excluding hydrogens is 278 g/mol. The molecule has 0 saturated heterocycles. The third-order valence-corrected chi connectivity index (χ3v) is 2.58. The zero-order chi connectivity index (χ0) is 16.0. The van der Waals surface area contributed by atoms with Gasteiger partial charge in [-0.1, -0.05) is 6.07 Å². The molecule has 1 aromatic carbocycles. The standard InChI is InChI=1S/C14H17NO6/c1-8(16)15-11(14(18)19)6-10-4-5-12(21-9(2)17)13(7-10)20-3/h4-5,7,11H,6H2,1-3H3,(H,15,16)(H,18,19)/p-1/t11-/m0/s1. The Balaban J connectivity index is 2.95. The summed E-state index contributed by atoms with van der Waals surface area (Å²) in [4.78, 5) is 32.9. The largest absolute Gasteiger partial charge is 0.548 e. The van der Waals surface area contributed by atoms with Crippen LogP contribution in [0.2, 0.25) is 0 Å². The van der Waals surface area contributed by atoms with Crippen LogP contribution in [0.25, 0.3) is 0 Å². The number of carbonyl (C=O) groups is 3. The lowest BCUT2D eigenvalue weighted by Crippen LogP contribution is -2.48. The van der Waals surface area contributed by atoms with Crippen LogP contribution in [0, 0.1) is 0 Å². The summed E-state index contributed by atoms with van der Waals surface area (Å²) in [7, 11) is 1.40. The summed E-state index contributed by atoms with van der Waals surface area (Å²) in [6, 6.07) is 3.47. The Kier molecular flexibility index (Phi) is 5.71. The minimum atomic E-state index is -1.38. The summed E-state index contributed by atoms with van der Waals surface area (Å²) < 4.78 is 10.0. The second-order valence-electron chi connectivity index (χ2n) is 4.36. The van der Waals surface area contributed by atoms with E-state index in [1.807, 2.05) is 0 Å². The highest BCUT2D eigenvalue weighted by molar-refractivity contribution is 5.81. The van der Waals surface area contributed by atoms with Gasteiger partial charge in [-0.05, 0) is 24.1 Å². The third-order valence-electron chi connectivity index (χ3n) is 2.58. The van der Waals surface area contributed by atoms with E-state index in [4.69, 9.17) is 9.47 Å². The Morgan fingerprint density at radius 1 is 1.24 bits per heavy atom. The molecule has 1 rings (SSSR count). The highest BCUT2D eigenvalue weighted by Crippen LogP contribution is 2.28. The van der Waals surface area contributed by atoms with Gasteiger partial charge in [0.2, 0.25) is 5.91 Å². The molecule has 0 aliphatic carbocycles. The third kappa shape index (κ3) is 5.13. The van der Waals surface area contributed by atoms with Gasteiger partial charge >= 0.3 is 5.97 Å². The zero-order valence-electron chi connectivity index (χ0n) is 12.0. The Morgan fingerprint density at radius 3 is 2.38 bits per heavy atom. The first kappa shape index (κ1) is 16.5. The van der Waals surface area contributed by atoms with Crippen LogP contribution in [-0.4, -0.2) is 31.0 Å². The summed E-state index contributed by atoms with van der Waals surface area (Å²) in [6.45, 7) is 2.48. The number of nitrogens with one attached hydrogen (secondary N) is 1. The number of hydrogen-bond acceptors (Lipinski definition) is 6. The fourth-order valence-corrected chi connectivity index (χ4v) is 1.75. The Hall–Kier alpha value is -2.57. The lowest BCUT2D eigenvalue weighted by Gasteiger charge is -2.19. The quantitative estimate of drug-likeness (QED) is 0.556. The highest BCUT2D eigenvalue weighted by Gasteiger charge is 2.14. The molecule has 0 spiro atoms. The van der Waals surface area contributed by atoms with E-state index in [9.17, 15) is 19.5 Å². The minimum absolute atomic E-state index is 0.0264. The van der Waals surface area contributed by atoms with Gasteiger partial charge in [-0.3, -0.25) is 9.59 Å². The number of esters is 1. The fraction of sp³-hybridized carbons (Fsp3) is 0.357. The topological polar surface area (TPSA) is 105 Å². The lowest BCUT2D eigenvalue weighted by molar-refractivity contribution is -0.308. The number of hydrogen-bond donors (Lipinski definition) is 1. The maximum absolute atomic E-state index is 11.0. The molecule has 0 aliphatic rings. The van der Waals surface area contributed by atoms with E-state index in [0.29, 0.717) is 11.3 Å². The van der Waals surface area contributed by atoms with E-state index in [2.05, 4.69) is 5.32 Å². The van der Waals surface area contributed by atoms with Gasteiger partial charge in [0.15, 0.2) is 11.5 Å². The summed E-state index contributed by atoms with van der Waals surface area (Å²) in [5, 5.41) is 13.3. The van der Waals surface area contributed by atoms with Crippen molar-refractivity contribution in [2.24, 2.45) is 0 Å². The van der Waals surface area contributed by atoms with Crippen molar-refractivity contribution in [1.82, 2.24) is 5.32 Å². The number of carbonyl (C=O) groups excluding carboxylic acids is 3. The maximum Gasteiger partial charge on any atom is 0.308 e. The molecule has 1 aromatic rings. The predicted octanol–water partition coefficient (Wildman–Crippen LogP) is -0.582. The normalized spacial score (nSPS) is 11.4. The summed E-state index contributed by atoms with van der Waals surface area (Å²) >= 11 is 0. The van der Waals surface area contributed by atoms with Crippen molar-refractivity contribution in [1.29, 1.82) is 0 Å². The Morgan fingerprint density at radius 2 is 1.90 bits per heavy atom. The van der Waals surface area contributed by atoms with Crippen molar-refractivity contribution in [3.8, 4) is 11.5 Å². The van der Waals surface area contributed by atoms with Gasteiger partial charge in [-0.2, -0.15) is 0 Å². The van der Waals surface area contributed by atoms with Gasteiger partial charge in [0.05, 0.1) is 19.1 Å². The van der Waals surface area contributed by atoms with Crippen molar-refractivity contribution < 1.29 is 29.0 Å². The number of aliphatic carboxylic acids is 1. The summed E-state index contributed by atoms with van der Waals surface area (Å²) in [5.74, 6) is -1.81. The average molecular weight is 294 g/mol. The van der Waals surface area contributed by atoms with Gasteiger partial charge in [-0.25, -0.2) is 0 Å². The van der Waals surface area contributed by atoms with Crippen molar-refractivity contribution in [2.75, 3.05) is 7.11 Å². The molecule has 114 valence electrons. The van der Waals surface area contributed by atoms with Crippen molar-refractivity contribution >= 4 is 17.8 Å². The molecule has 1 atom stereocenters. The average Bonchev–Trinajstić information content (AvgIpc) is 2.38. The number of carboxylic acids is 1. The lowest BCUT2D eigenvalue weighted by atomic mass is 10.1. The molecule has 0 unspecified atom stereocenters. The van der Waals surface area contributed by atoms with E-state index in [-0.39, 0.29) is 12.2 Å². The molecule has 1 amide bonds. The number of carboxylic acid groups (broad SMARTS) is 1. The second kappa shape index (κ2) is 7.28. The molecule has 0 radical (unpaired) electrons. The smallest absolute Gasteiger partial charge is 0.308 e. The molecule has 0 fully saturated rings. The predicted molar refractivity (Wildman–Crippen MR) is 70.6 cm³/mol. The molecular formula is C14H16NO6-. The van der Waals surface area contributed by atoms with Crippen molar-refractivity contribution in [3.05, 3.63) is 23.8 Å². The molecule has 7 nitrogen and oxygen atoms in total. The first-order valence-corrected chi connectivity index (χ1v) is 6.16. The molecule has 0 bridgehead atoms. The number of methoxy groups -OCH3 is 1. The summed E-state index contributed by atoms with van der Waals surface area (Å²) in [5.41, 5.74) is 0.589. The van der Waals surface area contributed by atoms with Crippen molar-refractivity contribution in [3.63, 3.8) is 0 Å². The first-order chi connectivity index (χ1) is 9.83. The number of ether oxygens (including phenoxy) is 2. The van der Waals surface area contributed by atoms with Gasteiger partial charge in [0.1, 0.15) is 0 Å². The zero-order valence-corrected chi connectivity index (χ0v) is 12.0. The summed E-state index contributed by atoms with van der Waals surface area (Å²) in [6.07, 6.45) is 0.0264. The van der Waals surface area contributed by atoms with E-state index in [0.717, 1.165) is 0 Å². The van der Waals surface area contributed by atoms with Gasteiger partial charge in [0, 0.05) is 13.8 Å². The molecule has 0 heterocycles. The number of amides is 1. The monoisotopic (exact) mass is 294 g/mol. The van der Waals surface area contributed by atoms with Crippen LogP contribution in [0.4, 0.5) is 0 Å². The Bertz CT molecular complexity index is 554. The molecule has 0 aromatic heterocycles. The van der Waals surface area contributed by atoms with E-state index >= 15 is 0 Å². The minimum Gasteiger partial charge on any atom is -0.548 e. The molecule has 1 N–H and O–H groups in total.